The summed E-state index contributed by atoms with van der Waals surface area (Å²) in [5.74, 6) is 0.639. The van der Waals surface area contributed by atoms with E-state index in [1.807, 2.05) is 19.1 Å². The van der Waals surface area contributed by atoms with Gasteiger partial charge in [0.25, 0.3) is 0 Å². The number of hydrogen-bond acceptors (Lipinski definition) is 3. The summed E-state index contributed by atoms with van der Waals surface area (Å²) in [6, 6.07) is 8.38. The van der Waals surface area contributed by atoms with E-state index in [1.54, 1.807) is 0 Å². The predicted octanol–water partition coefficient (Wildman–Crippen LogP) is 3.39. The van der Waals surface area contributed by atoms with Gasteiger partial charge in [0.05, 0.1) is 24.7 Å². The zero-order valence-corrected chi connectivity index (χ0v) is 12.2. The first kappa shape index (κ1) is 14.6. The van der Waals surface area contributed by atoms with Crippen molar-refractivity contribution in [3.63, 3.8) is 0 Å². The predicted molar refractivity (Wildman–Crippen MR) is 77.1 cm³/mol. The van der Waals surface area contributed by atoms with Gasteiger partial charge < -0.3 is 4.74 Å². The van der Waals surface area contributed by atoms with Crippen molar-refractivity contribution >= 4 is 5.97 Å². The average Bonchev–Trinajstić information content (AvgIpc) is 2.49. The number of benzene rings is 1. The van der Waals surface area contributed by atoms with Gasteiger partial charge >= 0.3 is 5.97 Å². The van der Waals surface area contributed by atoms with E-state index in [0.717, 1.165) is 43.2 Å². The maximum absolute atomic E-state index is 11.5. The van der Waals surface area contributed by atoms with Gasteiger partial charge in [0.1, 0.15) is 0 Å². The number of aryl methyl sites for hydroxylation is 1. The number of carbonyl (C=O) groups is 1. The van der Waals surface area contributed by atoms with E-state index >= 15 is 0 Å². The van der Waals surface area contributed by atoms with Crippen LogP contribution in [0.5, 0.6) is 0 Å². The molecule has 0 spiro atoms. The van der Waals surface area contributed by atoms with Crippen LogP contribution in [0.3, 0.4) is 0 Å². The summed E-state index contributed by atoms with van der Waals surface area (Å²) >= 11 is 0. The fraction of sp³-hybridized carbons (Fsp3) is 0.529. The summed E-state index contributed by atoms with van der Waals surface area (Å²) in [6.07, 6.45) is 4.98. The summed E-state index contributed by atoms with van der Waals surface area (Å²) < 4.78 is 4.81. The smallest absolute Gasteiger partial charge is 0.308 e. The van der Waals surface area contributed by atoms with E-state index < -0.39 is 0 Å². The zero-order chi connectivity index (χ0) is 14.5. The first-order valence-electron chi connectivity index (χ1n) is 7.21. The van der Waals surface area contributed by atoms with Crippen molar-refractivity contribution in [3.05, 3.63) is 34.9 Å². The molecule has 0 heterocycles. The van der Waals surface area contributed by atoms with Crippen molar-refractivity contribution in [1.82, 2.24) is 0 Å². The van der Waals surface area contributed by atoms with Gasteiger partial charge in [0.2, 0.25) is 0 Å². The SMILES string of the molecule is COC(=O)[C@H]1CC[C@H](Cc2ccc(C)c(C#N)c2)CC1. The quantitative estimate of drug-likeness (QED) is 0.792. The highest BCUT2D eigenvalue weighted by Gasteiger charge is 2.26. The standard InChI is InChI=1S/C17H21NO2/c1-12-3-4-14(10-16(12)11-18)9-13-5-7-15(8-6-13)17(19)20-2/h3-4,10,13,15H,5-9H2,1-2H3/t13-,15-. The molecule has 2 rings (SSSR count). The van der Waals surface area contributed by atoms with Crippen LogP contribution in [-0.2, 0) is 16.0 Å². The molecule has 1 aliphatic rings. The Hall–Kier alpha value is -1.82. The van der Waals surface area contributed by atoms with E-state index in [-0.39, 0.29) is 11.9 Å². The van der Waals surface area contributed by atoms with E-state index in [1.165, 1.54) is 12.7 Å². The highest BCUT2D eigenvalue weighted by Crippen LogP contribution is 2.31. The maximum Gasteiger partial charge on any atom is 0.308 e. The van der Waals surface area contributed by atoms with Crippen molar-refractivity contribution in [2.75, 3.05) is 7.11 Å². The fourth-order valence-electron chi connectivity index (χ4n) is 3.02. The van der Waals surface area contributed by atoms with Crippen LogP contribution in [-0.4, -0.2) is 13.1 Å². The highest BCUT2D eigenvalue weighted by molar-refractivity contribution is 5.72. The summed E-state index contributed by atoms with van der Waals surface area (Å²) in [7, 11) is 1.46. The third-order valence-corrected chi connectivity index (χ3v) is 4.33. The molecule has 0 amide bonds. The molecule has 3 nitrogen and oxygen atoms in total. The van der Waals surface area contributed by atoms with Crippen molar-refractivity contribution in [1.29, 1.82) is 5.26 Å². The second-order valence-corrected chi connectivity index (χ2v) is 5.71. The van der Waals surface area contributed by atoms with E-state index in [9.17, 15) is 4.79 Å². The van der Waals surface area contributed by atoms with Gasteiger partial charge in [-0.3, -0.25) is 4.79 Å². The van der Waals surface area contributed by atoms with Crippen LogP contribution in [0.25, 0.3) is 0 Å². The third kappa shape index (κ3) is 3.39. The molecule has 1 aromatic carbocycles. The lowest BCUT2D eigenvalue weighted by Crippen LogP contribution is -2.23. The molecule has 0 aromatic heterocycles. The summed E-state index contributed by atoms with van der Waals surface area (Å²) in [5, 5.41) is 9.07. The minimum absolute atomic E-state index is 0.0643. The normalized spacial score (nSPS) is 22.1. The van der Waals surface area contributed by atoms with Crippen LogP contribution in [0, 0.1) is 30.1 Å². The Morgan fingerprint density at radius 1 is 1.35 bits per heavy atom. The molecule has 106 valence electrons. The van der Waals surface area contributed by atoms with Crippen molar-refractivity contribution in [3.8, 4) is 6.07 Å². The number of ether oxygens (including phenoxy) is 1. The van der Waals surface area contributed by atoms with Crippen LogP contribution in [0.15, 0.2) is 18.2 Å². The number of hydrogen-bond donors (Lipinski definition) is 0. The Labute approximate surface area is 120 Å². The second-order valence-electron chi connectivity index (χ2n) is 5.71. The van der Waals surface area contributed by atoms with E-state index in [0.29, 0.717) is 5.92 Å². The molecule has 0 atom stereocenters. The first-order chi connectivity index (χ1) is 9.63. The third-order valence-electron chi connectivity index (χ3n) is 4.33. The molecule has 0 radical (unpaired) electrons. The molecule has 1 aliphatic carbocycles. The molecule has 1 aromatic rings. The Morgan fingerprint density at radius 3 is 2.65 bits per heavy atom. The van der Waals surface area contributed by atoms with Gasteiger partial charge in [0, 0.05) is 0 Å². The molecule has 1 saturated carbocycles. The van der Waals surface area contributed by atoms with Gasteiger partial charge in [-0.1, -0.05) is 12.1 Å². The topological polar surface area (TPSA) is 50.1 Å². The Kier molecular flexibility index (Phi) is 4.79. The molecular formula is C17H21NO2. The van der Waals surface area contributed by atoms with Crippen LogP contribution < -0.4 is 0 Å². The molecule has 0 saturated heterocycles. The fourth-order valence-corrected chi connectivity index (χ4v) is 3.02. The van der Waals surface area contributed by atoms with Gasteiger partial charge in [-0.25, -0.2) is 0 Å². The van der Waals surface area contributed by atoms with E-state index in [4.69, 9.17) is 10.00 Å². The Balaban J connectivity index is 1.93. The Bertz CT molecular complexity index is 522. The van der Waals surface area contributed by atoms with Crippen molar-refractivity contribution in [2.24, 2.45) is 11.8 Å². The maximum atomic E-state index is 11.5. The number of carbonyl (C=O) groups excluding carboxylic acids is 1. The van der Waals surface area contributed by atoms with Crippen LogP contribution >= 0.6 is 0 Å². The lowest BCUT2D eigenvalue weighted by molar-refractivity contribution is -0.146. The summed E-state index contributed by atoms with van der Waals surface area (Å²) in [6.45, 7) is 1.96. The van der Waals surface area contributed by atoms with Gasteiger partial charge in [-0.15, -0.1) is 0 Å². The molecule has 0 bridgehead atoms. The summed E-state index contributed by atoms with van der Waals surface area (Å²) in [4.78, 5) is 11.5. The number of nitriles is 1. The average molecular weight is 271 g/mol. The molecule has 1 fully saturated rings. The first-order valence-corrected chi connectivity index (χ1v) is 7.21. The largest absolute Gasteiger partial charge is 0.469 e. The molecular weight excluding hydrogens is 250 g/mol. The lowest BCUT2D eigenvalue weighted by Gasteiger charge is -2.27. The highest BCUT2D eigenvalue weighted by atomic mass is 16.5. The lowest BCUT2D eigenvalue weighted by atomic mass is 9.79. The number of esters is 1. The molecule has 0 unspecified atom stereocenters. The monoisotopic (exact) mass is 271 g/mol. The van der Waals surface area contributed by atoms with Crippen LogP contribution in [0.1, 0.15) is 42.4 Å². The molecule has 0 aliphatic heterocycles. The minimum atomic E-state index is -0.0643. The van der Waals surface area contributed by atoms with Crippen molar-refractivity contribution in [2.45, 2.75) is 39.0 Å². The zero-order valence-electron chi connectivity index (χ0n) is 12.2. The Morgan fingerprint density at radius 2 is 2.05 bits per heavy atom. The number of rotatable bonds is 3. The van der Waals surface area contributed by atoms with Gasteiger partial charge in [0.15, 0.2) is 0 Å². The van der Waals surface area contributed by atoms with Gasteiger partial charge in [-0.05, 0) is 62.1 Å². The number of nitrogens with zero attached hydrogens (tertiary/aromatic N) is 1. The van der Waals surface area contributed by atoms with Crippen LogP contribution in [0.4, 0.5) is 0 Å². The second kappa shape index (κ2) is 6.56. The number of methoxy groups -OCH3 is 1. The van der Waals surface area contributed by atoms with E-state index in [2.05, 4.69) is 12.1 Å². The summed E-state index contributed by atoms with van der Waals surface area (Å²) in [5.41, 5.74) is 3.03. The minimum Gasteiger partial charge on any atom is -0.469 e. The van der Waals surface area contributed by atoms with Crippen molar-refractivity contribution < 1.29 is 9.53 Å². The van der Waals surface area contributed by atoms with Crippen LogP contribution in [0.2, 0.25) is 0 Å². The molecule has 20 heavy (non-hydrogen) atoms. The molecule has 0 N–H and O–H groups in total. The van der Waals surface area contributed by atoms with Gasteiger partial charge in [-0.2, -0.15) is 5.26 Å². The molecule has 3 heteroatoms.